The predicted octanol–water partition coefficient (Wildman–Crippen LogP) is 3.44. The van der Waals surface area contributed by atoms with Crippen LogP contribution in [-0.2, 0) is 0 Å². The smallest absolute Gasteiger partial charge is 0.254 e. The van der Waals surface area contributed by atoms with E-state index in [1.807, 2.05) is 6.92 Å². The minimum Gasteiger partial charge on any atom is -0.341 e. The average molecular weight is 353 g/mol. The first-order chi connectivity index (χ1) is 7.41. The molecule has 0 aliphatic rings. The normalized spacial score (nSPS) is 12.3. The lowest BCUT2D eigenvalue weighted by molar-refractivity contribution is 0.0796. The third-order valence-electron chi connectivity index (χ3n) is 2.03. The summed E-state index contributed by atoms with van der Waals surface area (Å²) in [5.41, 5.74) is 0.343. The molecule has 0 bridgehead atoms. The van der Waals surface area contributed by atoms with Crippen LogP contribution in [0.2, 0.25) is 0 Å². The number of halogens is 3. The third-order valence-corrected chi connectivity index (χ3v) is 3.01. The maximum absolute atomic E-state index is 13.0. The second-order valence-corrected chi connectivity index (χ2v) is 6.01. The summed E-state index contributed by atoms with van der Waals surface area (Å²) in [5, 5.41) is 0. The molecule has 5 heteroatoms. The van der Waals surface area contributed by atoms with Crippen molar-refractivity contribution in [1.82, 2.24) is 4.90 Å². The third kappa shape index (κ3) is 3.56. The van der Waals surface area contributed by atoms with Crippen molar-refractivity contribution >= 4 is 37.8 Å². The van der Waals surface area contributed by atoms with E-state index in [1.54, 1.807) is 11.9 Å². The van der Waals surface area contributed by atoms with Gasteiger partial charge >= 0.3 is 0 Å². The quantitative estimate of drug-likeness (QED) is 0.763. The van der Waals surface area contributed by atoms with Crippen molar-refractivity contribution in [2.24, 2.45) is 0 Å². The zero-order valence-corrected chi connectivity index (χ0v) is 12.2. The van der Waals surface area contributed by atoms with Crippen LogP contribution in [0.15, 0.2) is 22.7 Å². The Labute approximate surface area is 111 Å². The summed E-state index contributed by atoms with van der Waals surface area (Å²) in [4.78, 5) is 13.7. The number of amides is 1. The van der Waals surface area contributed by atoms with Crippen LogP contribution >= 0.6 is 31.9 Å². The minimum absolute atomic E-state index is 0.197. The average Bonchev–Trinajstić information content (AvgIpc) is 2.19. The Balaban J connectivity index is 2.91. The lowest BCUT2D eigenvalue weighted by Gasteiger charge is -2.19. The molecule has 1 amide bonds. The molecule has 88 valence electrons. The number of rotatable bonds is 3. The van der Waals surface area contributed by atoms with E-state index in [4.69, 9.17) is 0 Å². The minimum atomic E-state index is -0.410. The van der Waals surface area contributed by atoms with E-state index in [0.29, 0.717) is 16.6 Å². The molecule has 0 spiro atoms. The summed E-state index contributed by atoms with van der Waals surface area (Å²) in [5.74, 6) is -0.607. The van der Waals surface area contributed by atoms with Crippen LogP contribution in [0.5, 0.6) is 0 Å². The fourth-order valence-electron chi connectivity index (χ4n) is 1.33. The van der Waals surface area contributed by atoms with Gasteiger partial charge in [0, 0.05) is 22.9 Å². The fourth-order valence-corrected chi connectivity index (χ4v) is 2.18. The van der Waals surface area contributed by atoms with Gasteiger partial charge in [-0.2, -0.15) is 0 Å². The van der Waals surface area contributed by atoms with Crippen LogP contribution in [0.1, 0.15) is 17.3 Å². The highest BCUT2D eigenvalue weighted by Crippen LogP contribution is 2.19. The molecule has 2 nitrogen and oxygen atoms in total. The van der Waals surface area contributed by atoms with Crippen LogP contribution < -0.4 is 0 Å². The van der Waals surface area contributed by atoms with Gasteiger partial charge in [0.15, 0.2) is 0 Å². The first-order valence-corrected chi connectivity index (χ1v) is 6.47. The van der Waals surface area contributed by atoms with Gasteiger partial charge in [-0.05, 0) is 34.1 Å². The van der Waals surface area contributed by atoms with E-state index in [0.717, 1.165) is 0 Å². The van der Waals surface area contributed by atoms with Gasteiger partial charge in [-0.25, -0.2) is 4.39 Å². The SMILES string of the molecule is CC(Br)CN(C)C(=O)c1cc(F)ccc1Br. The molecular weight excluding hydrogens is 341 g/mol. The summed E-state index contributed by atoms with van der Waals surface area (Å²) in [6, 6.07) is 4.09. The number of carbonyl (C=O) groups is 1. The van der Waals surface area contributed by atoms with Gasteiger partial charge in [0.25, 0.3) is 5.91 Å². The van der Waals surface area contributed by atoms with Crippen LogP contribution in [0.3, 0.4) is 0 Å². The highest BCUT2D eigenvalue weighted by atomic mass is 79.9. The largest absolute Gasteiger partial charge is 0.341 e. The van der Waals surface area contributed by atoms with Gasteiger partial charge in [-0.15, -0.1) is 0 Å². The molecule has 0 aromatic heterocycles. The molecule has 1 unspecified atom stereocenters. The Bertz CT molecular complexity index is 396. The molecule has 16 heavy (non-hydrogen) atoms. The highest BCUT2D eigenvalue weighted by Gasteiger charge is 2.16. The van der Waals surface area contributed by atoms with Gasteiger partial charge in [0.2, 0.25) is 0 Å². The molecule has 0 radical (unpaired) electrons. The lowest BCUT2D eigenvalue weighted by atomic mass is 10.2. The number of hydrogen-bond acceptors (Lipinski definition) is 1. The number of carbonyl (C=O) groups excluding carboxylic acids is 1. The lowest BCUT2D eigenvalue weighted by Crippen LogP contribution is -2.31. The molecule has 0 aliphatic heterocycles. The van der Waals surface area contributed by atoms with Crippen molar-refractivity contribution in [3.63, 3.8) is 0 Å². The number of hydrogen-bond donors (Lipinski definition) is 0. The van der Waals surface area contributed by atoms with E-state index < -0.39 is 5.82 Å². The maximum Gasteiger partial charge on any atom is 0.254 e. The molecule has 0 N–H and O–H groups in total. The molecule has 1 aromatic carbocycles. The van der Waals surface area contributed by atoms with Crippen molar-refractivity contribution < 1.29 is 9.18 Å². The summed E-state index contributed by atoms with van der Waals surface area (Å²) in [6.07, 6.45) is 0. The number of nitrogens with zero attached hydrogens (tertiary/aromatic N) is 1. The summed E-state index contributed by atoms with van der Waals surface area (Å²) >= 11 is 6.61. The van der Waals surface area contributed by atoms with Crippen LogP contribution in [0, 0.1) is 5.82 Å². The first kappa shape index (κ1) is 13.6. The van der Waals surface area contributed by atoms with Gasteiger partial charge in [0.1, 0.15) is 5.82 Å². The molecule has 0 heterocycles. The molecule has 0 saturated carbocycles. The summed E-state index contributed by atoms with van der Waals surface area (Å²) in [6.45, 7) is 2.52. The summed E-state index contributed by atoms with van der Waals surface area (Å²) < 4.78 is 13.6. The molecule has 0 fully saturated rings. The van der Waals surface area contributed by atoms with Gasteiger partial charge in [-0.1, -0.05) is 22.9 Å². The van der Waals surface area contributed by atoms with Crippen molar-refractivity contribution in [3.8, 4) is 0 Å². The van der Waals surface area contributed by atoms with E-state index in [-0.39, 0.29) is 10.7 Å². The highest BCUT2D eigenvalue weighted by molar-refractivity contribution is 9.10. The van der Waals surface area contributed by atoms with Gasteiger partial charge in [0.05, 0.1) is 5.56 Å². The molecular formula is C11H12Br2FNO. The van der Waals surface area contributed by atoms with Crippen LogP contribution in [0.4, 0.5) is 4.39 Å². The zero-order valence-electron chi connectivity index (χ0n) is 9.01. The Kier molecular flexibility index (Phi) is 4.92. The Hall–Kier alpha value is -0.420. The number of benzene rings is 1. The molecule has 1 rings (SSSR count). The van der Waals surface area contributed by atoms with Gasteiger partial charge in [-0.3, -0.25) is 4.79 Å². The molecule has 0 aliphatic carbocycles. The van der Waals surface area contributed by atoms with E-state index in [9.17, 15) is 9.18 Å². The van der Waals surface area contributed by atoms with Crippen LogP contribution in [0.25, 0.3) is 0 Å². The standard InChI is InChI=1S/C11H12Br2FNO/c1-7(12)6-15(2)11(16)9-5-8(14)3-4-10(9)13/h3-5,7H,6H2,1-2H3. The van der Waals surface area contributed by atoms with Gasteiger partial charge < -0.3 is 4.90 Å². The first-order valence-electron chi connectivity index (χ1n) is 4.76. The molecule has 1 aromatic rings. The van der Waals surface area contributed by atoms with Crippen molar-refractivity contribution in [1.29, 1.82) is 0 Å². The Morgan fingerprint density at radius 2 is 2.19 bits per heavy atom. The maximum atomic E-state index is 13.0. The number of alkyl halides is 1. The second kappa shape index (κ2) is 5.77. The van der Waals surface area contributed by atoms with E-state index >= 15 is 0 Å². The van der Waals surface area contributed by atoms with Crippen molar-refractivity contribution in [2.45, 2.75) is 11.8 Å². The molecule has 0 saturated heterocycles. The Morgan fingerprint density at radius 3 is 2.75 bits per heavy atom. The topological polar surface area (TPSA) is 20.3 Å². The summed E-state index contributed by atoms with van der Waals surface area (Å²) in [7, 11) is 1.69. The second-order valence-electron chi connectivity index (χ2n) is 3.59. The fraction of sp³-hybridized carbons (Fsp3) is 0.364. The zero-order chi connectivity index (χ0) is 12.3. The van der Waals surface area contributed by atoms with Crippen molar-refractivity contribution in [3.05, 3.63) is 34.1 Å². The predicted molar refractivity (Wildman–Crippen MR) is 69.4 cm³/mol. The van der Waals surface area contributed by atoms with E-state index in [2.05, 4.69) is 31.9 Å². The van der Waals surface area contributed by atoms with Crippen molar-refractivity contribution in [2.75, 3.05) is 13.6 Å². The monoisotopic (exact) mass is 351 g/mol. The Morgan fingerprint density at radius 1 is 1.56 bits per heavy atom. The molecule has 1 atom stereocenters. The van der Waals surface area contributed by atoms with E-state index in [1.165, 1.54) is 18.2 Å². The van der Waals surface area contributed by atoms with Crippen LogP contribution in [-0.4, -0.2) is 29.2 Å².